The van der Waals surface area contributed by atoms with E-state index in [0.29, 0.717) is 19.4 Å². The Morgan fingerprint density at radius 2 is 2.17 bits per heavy atom. The summed E-state index contributed by atoms with van der Waals surface area (Å²) in [6.07, 6.45) is 1.21. The standard InChI is InChI=1S/C13H22O5/c1-3-17-12(15)11(13(16)18-4-2)9-6-5-7-10(14)8-9/h9,11-12,15H,3-8H2,1-2H3. The summed E-state index contributed by atoms with van der Waals surface area (Å²) in [5.41, 5.74) is 0. The van der Waals surface area contributed by atoms with Gasteiger partial charge in [0.1, 0.15) is 11.7 Å². The molecule has 5 nitrogen and oxygen atoms in total. The molecule has 0 aliphatic heterocycles. The lowest BCUT2D eigenvalue weighted by Crippen LogP contribution is -2.39. The van der Waals surface area contributed by atoms with Crippen molar-refractivity contribution in [2.24, 2.45) is 11.8 Å². The minimum absolute atomic E-state index is 0.143. The van der Waals surface area contributed by atoms with Crippen LogP contribution in [-0.4, -0.2) is 36.4 Å². The maximum Gasteiger partial charge on any atom is 0.314 e. The lowest BCUT2D eigenvalue weighted by Gasteiger charge is -2.30. The summed E-state index contributed by atoms with van der Waals surface area (Å²) in [5, 5.41) is 9.91. The number of Topliss-reactive ketones (excluding diaryl/α,β-unsaturated/α-hetero) is 1. The summed E-state index contributed by atoms with van der Waals surface area (Å²) in [6, 6.07) is 0. The van der Waals surface area contributed by atoms with E-state index in [-0.39, 0.29) is 18.3 Å². The molecule has 3 unspecified atom stereocenters. The highest BCUT2D eigenvalue weighted by Gasteiger charge is 2.38. The van der Waals surface area contributed by atoms with E-state index < -0.39 is 18.2 Å². The van der Waals surface area contributed by atoms with Gasteiger partial charge in [0.15, 0.2) is 6.29 Å². The molecule has 0 spiro atoms. The van der Waals surface area contributed by atoms with Gasteiger partial charge in [0.05, 0.1) is 6.61 Å². The highest BCUT2D eigenvalue weighted by molar-refractivity contribution is 5.81. The molecule has 1 saturated carbocycles. The zero-order valence-corrected chi connectivity index (χ0v) is 11.1. The summed E-state index contributed by atoms with van der Waals surface area (Å²) in [4.78, 5) is 23.4. The first-order valence-electron chi connectivity index (χ1n) is 6.58. The predicted molar refractivity (Wildman–Crippen MR) is 64.7 cm³/mol. The van der Waals surface area contributed by atoms with Crippen molar-refractivity contribution in [3.63, 3.8) is 0 Å². The molecule has 0 radical (unpaired) electrons. The average Bonchev–Trinajstić information content (AvgIpc) is 2.30. The Morgan fingerprint density at radius 1 is 1.44 bits per heavy atom. The van der Waals surface area contributed by atoms with Crippen molar-refractivity contribution in [1.29, 1.82) is 0 Å². The number of ketones is 1. The van der Waals surface area contributed by atoms with Crippen molar-refractivity contribution in [3.05, 3.63) is 0 Å². The Kier molecular flexibility index (Phi) is 6.29. The molecule has 0 aromatic carbocycles. The summed E-state index contributed by atoms with van der Waals surface area (Å²) in [6.45, 7) is 4.04. The van der Waals surface area contributed by atoms with Crippen LogP contribution in [0.25, 0.3) is 0 Å². The molecule has 0 amide bonds. The highest BCUT2D eigenvalue weighted by atomic mass is 16.6. The van der Waals surface area contributed by atoms with Crippen LogP contribution in [0.4, 0.5) is 0 Å². The normalized spacial score (nSPS) is 23.5. The number of ether oxygens (including phenoxy) is 2. The summed E-state index contributed by atoms with van der Waals surface area (Å²) < 4.78 is 10.1. The number of aliphatic hydroxyl groups is 1. The van der Waals surface area contributed by atoms with Gasteiger partial charge in [-0.1, -0.05) is 0 Å². The van der Waals surface area contributed by atoms with Crippen LogP contribution in [0.15, 0.2) is 0 Å². The van der Waals surface area contributed by atoms with Crippen LogP contribution in [-0.2, 0) is 19.1 Å². The maximum absolute atomic E-state index is 11.9. The van der Waals surface area contributed by atoms with Gasteiger partial charge in [0.25, 0.3) is 0 Å². The lowest BCUT2D eigenvalue weighted by atomic mass is 9.79. The first-order valence-corrected chi connectivity index (χ1v) is 6.58. The van der Waals surface area contributed by atoms with Crippen LogP contribution in [0.3, 0.4) is 0 Å². The number of esters is 1. The number of rotatable bonds is 6. The van der Waals surface area contributed by atoms with Gasteiger partial charge < -0.3 is 14.6 Å². The molecule has 1 rings (SSSR count). The molecule has 0 bridgehead atoms. The number of carbonyl (C=O) groups excluding carboxylic acids is 2. The van der Waals surface area contributed by atoms with E-state index in [1.807, 2.05) is 0 Å². The van der Waals surface area contributed by atoms with Gasteiger partial charge in [0.2, 0.25) is 0 Å². The molecular weight excluding hydrogens is 236 g/mol. The summed E-state index contributed by atoms with van der Waals surface area (Å²) in [5.74, 6) is -1.26. The van der Waals surface area contributed by atoms with Crippen LogP contribution in [0.1, 0.15) is 39.5 Å². The van der Waals surface area contributed by atoms with E-state index in [4.69, 9.17) is 9.47 Å². The quantitative estimate of drug-likeness (QED) is 0.574. The predicted octanol–water partition coefficient (Wildman–Crippen LogP) is 1.28. The van der Waals surface area contributed by atoms with Gasteiger partial charge in [-0.15, -0.1) is 0 Å². The van der Waals surface area contributed by atoms with E-state index in [1.165, 1.54) is 0 Å². The molecule has 3 atom stereocenters. The van der Waals surface area contributed by atoms with Gasteiger partial charge in [-0.3, -0.25) is 9.59 Å². The van der Waals surface area contributed by atoms with Crippen molar-refractivity contribution < 1.29 is 24.2 Å². The van der Waals surface area contributed by atoms with Gasteiger partial charge in [-0.2, -0.15) is 0 Å². The first-order chi connectivity index (χ1) is 8.60. The van der Waals surface area contributed by atoms with Gasteiger partial charge in [0, 0.05) is 19.4 Å². The Bertz CT molecular complexity index is 289. The van der Waals surface area contributed by atoms with Crippen LogP contribution >= 0.6 is 0 Å². The van der Waals surface area contributed by atoms with Crippen LogP contribution in [0, 0.1) is 11.8 Å². The van der Waals surface area contributed by atoms with Crippen molar-refractivity contribution in [1.82, 2.24) is 0 Å². The molecular formula is C13H22O5. The minimum Gasteiger partial charge on any atom is -0.466 e. The number of hydrogen-bond acceptors (Lipinski definition) is 5. The van der Waals surface area contributed by atoms with Crippen LogP contribution in [0.2, 0.25) is 0 Å². The number of carbonyl (C=O) groups is 2. The zero-order chi connectivity index (χ0) is 13.5. The molecule has 18 heavy (non-hydrogen) atoms. The van der Waals surface area contributed by atoms with Crippen LogP contribution < -0.4 is 0 Å². The Hall–Kier alpha value is -0.940. The SMILES string of the molecule is CCOC(=O)C(C1CCCC(=O)C1)C(O)OCC. The van der Waals surface area contributed by atoms with E-state index in [9.17, 15) is 14.7 Å². The number of hydrogen-bond donors (Lipinski definition) is 1. The van der Waals surface area contributed by atoms with E-state index in [2.05, 4.69) is 0 Å². The third kappa shape index (κ3) is 4.07. The third-order valence-corrected chi connectivity index (χ3v) is 3.23. The van der Waals surface area contributed by atoms with Crippen LogP contribution in [0.5, 0.6) is 0 Å². The van der Waals surface area contributed by atoms with Crippen molar-refractivity contribution in [3.8, 4) is 0 Å². The molecule has 1 aliphatic carbocycles. The second kappa shape index (κ2) is 7.48. The summed E-state index contributed by atoms with van der Waals surface area (Å²) in [7, 11) is 0. The first kappa shape index (κ1) is 15.1. The smallest absolute Gasteiger partial charge is 0.314 e. The van der Waals surface area contributed by atoms with Crippen molar-refractivity contribution >= 4 is 11.8 Å². The highest BCUT2D eigenvalue weighted by Crippen LogP contribution is 2.31. The monoisotopic (exact) mass is 258 g/mol. The molecule has 104 valence electrons. The second-order valence-corrected chi connectivity index (χ2v) is 4.52. The maximum atomic E-state index is 11.9. The fourth-order valence-corrected chi connectivity index (χ4v) is 2.42. The second-order valence-electron chi connectivity index (χ2n) is 4.52. The molecule has 5 heteroatoms. The van der Waals surface area contributed by atoms with E-state index >= 15 is 0 Å². The van der Waals surface area contributed by atoms with Crippen molar-refractivity contribution in [2.45, 2.75) is 45.8 Å². The topological polar surface area (TPSA) is 72.8 Å². The Balaban J connectivity index is 2.74. The number of aliphatic hydroxyl groups excluding tert-OH is 1. The van der Waals surface area contributed by atoms with Gasteiger partial charge >= 0.3 is 5.97 Å². The van der Waals surface area contributed by atoms with Gasteiger partial charge in [-0.25, -0.2) is 0 Å². The largest absolute Gasteiger partial charge is 0.466 e. The molecule has 1 N–H and O–H groups in total. The molecule has 1 fully saturated rings. The van der Waals surface area contributed by atoms with E-state index in [1.54, 1.807) is 13.8 Å². The Morgan fingerprint density at radius 3 is 2.72 bits per heavy atom. The average molecular weight is 258 g/mol. The van der Waals surface area contributed by atoms with Gasteiger partial charge in [-0.05, 0) is 32.6 Å². The Labute approximate surface area is 107 Å². The lowest BCUT2D eigenvalue weighted by molar-refractivity contribution is -0.182. The van der Waals surface area contributed by atoms with Crippen molar-refractivity contribution in [2.75, 3.05) is 13.2 Å². The fraction of sp³-hybridized carbons (Fsp3) is 0.846. The third-order valence-electron chi connectivity index (χ3n) is 3.23. The van der Waals surface area contributed by atoms with E-state index in [0.717, 1.165) is 12.8 Å². The summed E-state index contributed by atoms with van der Waals surface area (Å²) >= 11 is 0. The fourth-order valence-electron chi connectivity index (χ4n) is 2.42. The molecule has 0 aromatic rings. The zero-order valence-electron chi connectivity index (χ0n) is 11.1. The molecule has 0 aromatic heterocycles. The molecule has 0 heterocycles. The molecule has 1 aliphatic rings. The minimum atomic E-state index is -1.19. The molecule has 0 saturated heterocycles.